The Balaban J connectivity index is 1.32. The van der Waals surface area contributed by atoms with Gasteiger partial charge in [0.05, 0.1) is 11.1 Å². The Bertz CT molecular complexity index is 719. The van der Waals surface area contributed by atoms with E-state index in [1.807, 2.05) is 6.07 Å². The summed E-state index contributed by atoms with van der Waals surface area (Å²) in [6, 6.07) is 6.54. The summed E-state index contributed by atoms with van der Waals surface area (Å²) in [4.78, 5) is 16.0. The van der Waals surface area contributed by atoms with Crippen LogP contribution in [0.2, 0.25) is 0 Å². The van der Waals surface area contributed by atoms with E-state index < -0.39 is 0 Å². The van der Waals surface area contributed by atoms with Gasteiger partial charge in [0.25, 0.3) is 0 Å². The predicted molar refractivity (Wildman–Crippen MR) is 111 cm³/mol. The molecule has 1 unspecified atom stereocenters. The molecule has 5 rings (SSSR count). The standard InChI is InChI=1S/C23H33N3O2/c27-22(23(10-11-23)18-8-9-21-19(14-18)24-16-28-21)25-20(15-26-12-4-5-13-26)17-6-2-1-3-7-17/h8-9,14,17,20,24H,1-7,10-13,15-16H2,(H,25,27). The molecule has 2 aliphatic carbocycles. The molecule has 0 radical (unpaired) electrons. The van der Waals surface area contributed by atoms with Crippen molar-refractivity contribution in [2.24, 2.45) is 5.92 Å². The lowest BCUT2D eigenvalue weighted by Crippen LogP contribution is -2.50. The monoisotopic (exact) mass is 383 g/mol. The van der Waals surface area contributed by atoms with Crippen LogP contribution in [0.1, 0.15) is 63.4 Å². The predicted octanol–water partition coefficient (Wildman–Crippen LogP) is 3.64. The minimum Gasteiger partial charge on any atom is -0.471 e. The number of ether oxygens (including phenoxy) is 1. The number of carbonyl (C=O) groups is 1. The van der Waals surface area contributed by atoms with E-state index in [0.29, 0.717) is 18.7 Å². The van der Waals surface area contributed by atoms with E-state index in [1.165, 1.54) is 58.0 Å². The highest BCUT2D eigenvalue weighted by Gasteiger charge is 2.52. The molecule has 2 aliphatic heterocycles. The zero-order valence-corrected chi connectivity index (χ0v) is 16.8. The third-order valence-corrected chi connectivity index (χ3v) is 7.40. The fourth-order valence-electron chi connectivity index (χ4n) is 5.45. The number of nitrogens with zero attached hydrogens (tertiary/aromatic N) is 1. The summed E-state index contributed by atoms with van der Waals surface area (Å²) in [6.07, 6.45) is 11.1. The maximum atomic E-state index is 13.5. The quantitative estimate of drug-likeness (QED) is 0.787. The van der Waals surface area contributed by atoms with Crippen molar-refractivity contribution in [3.05, 3.63) is 23.8 Å². The second-order valence-electron chi connectivity index (χ2n) is 9.24. The summed E-state index contributed by atoms with van der Waals surface area (Å²) in [5, 5.41) is 6.81. The van der Waals surface area contributed by atoms with Gasteiger partial charge in [-0.25, -0.2) is 0 Å². The van der Waals surface area contributed by atoms with Crippen LogP contribution in [0.5, 0.6) is 5.75 Å². The van der Waals surface area contributed by atoms with Gasteiger partial charge in [-0.05, 0) is 75.2 Å². The second kappa shape index (κ2) is 7.58. The summed E-state index contributed by atoms with van der Waals surface area (Å²) < 4.78 is 5.55. The maximum Gasteiger partial charge on any atom is 0.230 e. The van der Waals surface area contributed by atoms with Crippen molar-refractivity contribution in [2.75, 3.05) is 31.7 Å². The van der Waals surface area contributed by atoms with Crippen molar-refractivity contribution in [3.8, 4) is 5.75 Å². The average molecular weight is 384 g/mol. The summed E-state index contributed by atoms with van der Waals surface area (Å²) in [7, 11) is 0. The smallest absolute Gasteiger partial charge is 0.230 e. The molecule has 1 saturated heterocycles. The van der Waals surface area contributed by atoms with Crippen LogP contribution in [0, 0.1) is 5.92 Å². The Kier molecular flexibility index (Phi) is 4.95. The number of hydrogen-bond donors (Lipinski definition) is 2. The van der Waals surface area contributed by atoms with Gasteiger partial charge < -0.3 is 20.3 Å². The fraction of sp³-hybridized carbons (Fsp3) is 0.696. The molecular weight excluding hydrogens is 350 g/mol. The van der Waals surface area contributed by atoms with E-state index in [1.54, 1.807) is 0 Å². The highest BCUT2D eigenvalue weighted by Crippen LogP contribution is 2.50. The molecule has 0 spiro atoms. The van der Waals surface area contributed by atoms with Gasteiger partial charge in [0.15, 0.2) is 6.73 Å². The zero-order valence-electron chi connectivity index (χ0n) is 16.8. The van der Waals surface area contributed by atoms with E-state index in [9.17, 15) is 4.79 Å². The maximum absolute atomic E-state index is 13.5. The zero-order chi connectivity index (χ0) is 19.0. The SMILES string of the molecule is O=C(NC(CN1CCCC1)C1CCCCC1)C1(c2ccc3c(c2)NCO3)CC1. The van der Waals surface area contributed by atoms with Crippen LogP contribution in [0.25, 0.3) is 0 Å². The fourth-order valence-corrected chi connectivity index (χ4v) is 5.45. The van der Waals surface area contributed by atoms with Crippen LogP contribution < -0.4 is 15.4 Å². The van der Waals surface area contributed by atoms with Crippen molar-refractivity contribution in [1.29, 1.82) is 0 Å². The van der Waals surface area contributed by atoms with Gasteiger partial charge in [-0.1, -0.05) is 25.3 Å². The average Bonchev–Trinajstić information content (AvgIpc) is 3.14. The number of anilines is 1. The van der Waals surface area contributed by atoms with Crippen LogP contribution >= 0.6 is 0 Å². The Morgan fingerprint density at radius 1 is 1.18 bits per heavy atom. The van der Waals surface area contributed by atoms with Crippen molar-refractivity contribution in [1.82, 2.24) is 10.2 Å². The number of amides is 1. The summed E-state index contributed by atoms with van der Waals surface area (Å²) >= 11 is 0. The number of fused-ring (bicyclic) bond motifs is 1. The van der Waals surface area contributed by atoms with Gasteiger partial charge in [-0.3, -0.25) is 4.79 Å². The van der Waals surface area contributed by atoms with Crippen LogP contribution in [-0.2, 0) is 10.2 Å². The number of nitrogens with one attached hydrogen (secondary N) is 2. The number of benzene rings is 1. The molecule has 1 atom stereocenters. The molecule has 3 fully saturated rings. The molecule has 0 bridgehead atoms. The Labute approximate surface area is 168 Å². The molecule has 2 saturated carbocycles. The first kappa shape index (κ1) is 18.3. The van der Waals surface area contributed by atoms with Gasteiger partial charge in [-0.2, -0.15) is 0 Å². The molecule has 28 heavy (non-hydrogen) atoms. The van der Waals surface area contributed by atoms with Crippen LogP contribution in [-0.4, -0.2) is 43.2 Å². The Morgan fingerprint density at radius 2 is 1.96 bits per heavy atom. The number of carbonyl (C=O) groups excluding carboxylic acids is 1. The van der Waals surface area contributed by atoms with Crippen LogP contribution in [0.3, 0.4) is 0 Å². The van der Waals surface area contributed by atoms with Gasteiger partial charge in [0.2, 0.25) is 5.91 Å². The first-order valence-electron chi connectivity index (χ1n) is 11.3. The highest BCUT2D eigenvalue weighted by molar-refractivity contribution is 5.92. The van der Waals surface area contributed by atoms with Crippen molar-refractivity contribution in [3.63, 3.8) is 0 Å². The Morgan fingerprint density at radius 3 is 2.71 bits per heavy atom. The molecule has 0 aromatic heterocycles. The van der Waals surface area contributed by atoms with Crippen LogP contribution in [0.15, 0.2) is 18.2 Å². The normalized spacial score (nSPS) is 24.9. The van der Waals surface area contributed by atoms with Gasteiger partial charge >= 0.3 is 0 Å². The minimum atomic E-state index is -0.322. The molecule has 152 valence electrons. The minimum absolute atomic E-state index is 0.251. The first-order valence-corrected chi connectivity index (χ1v) is 11.3. The third kappa shape index (κ3) is 3.49. The molecule has 5 nitrogen and oxygen atoms in total. The van der Waals surface area contributed by atoms with Crippen molar-refractivity contribution >= 4 is 11.6 Å². The van der Waals surface area contributed by atoms with E-state index >= 15 is 0 Å². The van der Waals surface area contributed by atoms with Gasteiger partial charge in [-0.15, -0.1) is 0 Å². The molecule has 2 N–H and O–H groups in total. The molecule has 1 amide bonds. The lowest BCUT2D eigenvalue weighted by Gasteiger charge is -2.34. The van der Waals surface area contributed by atoms with Crippen molar-refractivity contribution < 1.29 is 9.53 Å². The number of rotatable bonds is 6. The van der Waals surface area contributed by atoms with E-state index in [2.05, 4.69) is 27.7 Å². The van der Waals surface area contributed by atoms with E-state index in [4.69, 9.17) is 4.74 Å². The lowest BCUT2D eigenvalue weighted by molar-refractivity contribution is -0.125. The highest BCUT2D eigenvalue weighted by atomic mass is 16.5. The Hall–Kier alpha value is -1.75. The van der Waals surface area contributed by atoms with Crippen LogP contribution in [0.4, 0.5) is 5.69 Å². The summed E-state index contributed by atoms with van der Waals surface area (Å²) in [5.74, 6) is 1.79. The molecule has 5 heteroatoms. The lowest BCUT2D eigenvalue weighted by atomic mass is 9.83. The topological polar surface area (TPSA) is 53.6 Å². The van der Waals surface area contributed by atoms with Crippen molar-refractivity contribution in [2.45, 2.75) is 69.2 Å². The molecule has 1 aromatic carbocycles. The number of likely N-dealkylation sites (tertiary alicyclic amines) is 1. The van der Waals surface area contributed by atoms with E-state index in [-0.39, 0.29) is 11.3 Å². The second-order valence-corrected chi connectivity index (χ2v) is 9.24. The van der Waals surface area contributed by atoms with E-state index in [0.717, 1.165) is 36.4 Å². The van der Waals surface area contributed by atoms with Gasteiger partial charge in [0.1, 0.15) is 5.75 Å². The molecule has 4 aliphatic rings. The molecule has 2 heterocycles. The number of hydrogen-bond acceptors (Lipinski definition) is 4. The summed E-state index contributed by atoms with van der Waals surface area (Å²) in [5.41, 5.74) is 1.85. The van der Waals surface area contributed by atoms with Gasteiger partial charge in [0, 0.05) is 12.6 Å². The summed E-state index contributed by atoms with van der Waals surface area (Å²) in [6.45, 7) is 3.95. The molecule has 1 aromatic rings. The first-order chi connectivity index (χ1) is 13.7. The largest absolute Gasteiger partial charge is 0.471 e. The molecular formula is C23H33N3O2. The third-order valence-electron chi connectivity index (χ3n) is 7.40.